The SMILES string of the molecule is O=C(Cn1cccn1)Nc1ccccc1F. The van der Waals surface area contributed by atoms with Crippen molar-refractivity contribution in [2.75, 3.05) is 5.32 Å². The molecule has 0 aliphatic rings. The Kier molecular flexibility index (Phi) is 2.95. The highest BCUT2D eigenvalue weighted by molar-refractivity contribution is 5.90. The Labute approximate surface area is 91.7 Å². The van der Waals surface area contributed by atoms with Gasteiger partial charge in [0.05, 0.1) is 5.69 Å². The van der Waals surface area contributed by atoms with Gasteiger partial charge in [-0.15, -0.1) is 0 Å². The van der Waals surface area contributed by atoms with Gasteiger partial charge in [-0.2, -0.15) is 5.10 Å². The zero-order valence-corrected chi connectivity index (χ0v) is 8.43. The number of carbonyl (C=O) groups is 1. The fourth-order valence-corrected chi connectivity index (χ4v) is 1.29. The summed E-state index contributed by atoms with van der Waals surface area (Å²) in [4.78, 5) is 11.5. The van der Waals surface area contributed by atoms with E-state index in [9.17, 15) is 9.18 Å². The number of hydrogen-bond acceptors (Lipinski definition) is 2. The summed E-state index contributed by atoms with van der Waals surface area (Å²) in [5.41, 5.74) is 0.180. The number of halogens is 1. The number of nitrogens with one attached hydrogen (secondary N) is 1. The number of para-hydroxylation sites is 1. The van der Waals surface area contributed by atoms with Crippen LogP contribution >= 0.6 is 0 Å². The van der Waals surface area contributed by atoms with Crippen LogP contribution in [0.1, 0.15) is 0 Å². The van der Waals surface area contributed by atoms with Gasteiger partial charge in [0.2, 0.25) is 5.91 Å². The first-order chi connectivity index (χ1) is 7.75. The van der Waals surface area contributed by atoms with E-state index in [-0.39, 0.29) is 18.1 Å². The number of benzene rings is 1. The molecule has 1 aromatic carbocycles. The van der Waals surface area contributed by atoms with Crippen LogP contribution in [-0.2, 0) is 11.3 Å². The summed E-state index contributed by atoms with van der Waals surface area (Å²) in [5.74, 6) is -0.759. The molecule has 16 heavy (non-hydrogen) atoms. The molecule has 0 unspecified atom stereocenters. The minimum absolute atomic E-state index is 0.0708. The molecule has 4 nitrogen and oxygen atoms in total. The fourth-order valence-electron chi connectivity index (χ4n) is 1.29. The number of anilines is 1. The highest BCUT2D eigenvalue weighted by Crippen LogP contribution is 2.12. The monoisotopic (exact) mass is 219 g/mol. The lowest BCUT2D eigenvalue weighted by atomic mass is 10.3. The van der Waals surface area contributed by atoms with Crippen LogP contribution in [0.5, 0.6) is 0 Å². The molecule has 82 valence electrons. The van der Waals surface area contributed by atoms with Crippen molar-refractivity contribution in [2.24, 2.45) is 0 Å². The van der Waals surface area contributed by atoms with Crippen molar-refractivity contribution in [1.29, 1.82) is 0 Å². The quantitative estimate of drug-likeness (QED) is 0.853. The number of amides is 1. The van der Waals surface area contributed by atoms with E-state index in [2.05, 4.69) is 10.4 Å². The number of hydrogen-bond donors (Lipinski definition) is 1. The maximum absolute atomic E-state index is 13.2. The number of nitrogens with zero attached hydrogens (tertiary/aromatic N) is 2. The molecule has 0 fully saturated rings. The van der Waals surface area contributed by atoms with Crippen molar-refractivity contribution in [3.63, 3.8) is 0 Å². The Morgan fingerprint density at radius 2 is 2.19 bits per heavy atom. The smallest absolute Gasteiger partial charge is 0.246 e. The lowest BCUT2D eigenvalue weighted by molar-refractivity contribution is -0.116. The maximum atomic E-state index is 13.2. The Morgan fingerprint density at radius 3 is 2.88 bits per heavy atom. The Balaban J connectivity index is 2.00. The number of rotatable bonds is 3. The lowest BCUT2D eigenvalue weighted by Crippen LogP contribution is -2.19. The van der Waals surface area contributed by atoms with Gasteiger partial charge in [0.1, 0.15) is 12.4 Å². The second kappa shape index (κ2) is 4.57. The maximum Gasteiger partial charge on any atom is 0.246 e. The molecule has 1 amide bonds. The largest absolute Gasteiger partial charge is 0.322 e. The minimum atomic E-state index is -0.448. The molecule has 0 bridgehead atoms. The fraction of sp³-hybridized carbons (Fsp3) is 0.0909. The van der Waals surface area contributed by atoms with Crippen molar-refractivity contribution in [2.45, 2.75) is 6.54 Å². The molecule has 0 saturated carbocycles. The van der Waals surface area contributed by atoms with E-state index >= 15 is 0 Å². The highest BCUT2D eigenvalue weighted by atomic mass is 19.1. The molecule has 0 aliphatic carbocycles. The average Bonchev–Trinajstić information content (AvgIpc) is 2.74. The predicted octanol–water partition coefficient (Wildman–Crippen LogP) is 1.66. The molecular formula is C11H10FN3O. The van der Waals surface area contributed by atoms with Gasteiger partial charge in [-0.1, -0.05) is 12.1 Å². The van der Waals surface area contributed by atoms with Gasteiger partial charge in [-0.25, -0.2) is 4.39 Å². The van der Waals surface area contributed by atoms with E-state index in [4.69, 9.17) is 0 Å². The Morgan fingerprint density at radius 1 is 1.38 bits per heavy atom. The second-order valence-electron chi connectivity index (χ2n) is 3.23. The number of carbonyl (C=O) groups excluding carboxylic acids is 1. The molecule has 1 aromatic heterocycles. The zero-order chi connectivity index (χ0) is 11.4. The first-order valence-electron chi connectivity index (χ1n) is 4.77. The topological polar surface area (TPSA) is 46.9 Å². The standard InChI is InChI=1S/C11H10FN3O/c12-9-4-1-2-5-10(9)14-11(16)8-15-7-3-6-13-15/h1-7H,8H2,(H,14,16). The van der Waals surface area contributed by atoms with Gasteiger partial charge >= 0.3 is 0 Å². The Hall–Kier alpha value is -2.17. The van der Waals surface area contributed by atoms with Gasteiger partial charge in [0.15, 0.2) is 0 Å². The summed E-state index contributed by atoms with van der Waals surface area (Å²) in [6.45, 7) is 0.0708. The average molecular weight is 219 g/mol. The molecule has 5 heteroatoms. The van der Waals surface area contributed by atoms with Gasteiger partial charge in [-0.05, 0) is 18.2 Å². The summed E-state index contributed by atoms with van der Waals surface area (Å²) < 4.78 is 14.7. The normalized spacial score (nSPS) is 10.1. The van der Waals surface area contributed by atoms with Crippen molar-refractivity contribution >= 4 is 11.6 Å². The molecule has 1 heterocycles. The van der Waals surface area contributed by atoms with Crippen LogP contribution in [0.25, 0.3) is 0 Å². The van der Waals surface area contributed by atoms with Crippen LogP contribution < -0.4 is 5.32 Å². The van der Waals surface area contributed by atoms with Crippen LogP contribution in [0.15, 0.2) is 42.7 Å². The van der Waals surface area contributed by atoms with Crippen LogP contribution in [0.4, 0.5) is 10.1 Å². The zero-order valence-electron chi connectivity index (χ0n) is 8.43. The van der Waals surface area contributed by atoms with Crippen molar-refractivity contribution in [1.82, 2.24) is 9.78 Å². The van der Waals surface area contributed by atoms with Crippen molar-refractivity contribution in [3.05, 3.63) is 48.5 Å². The molecule has 2 rings (SSSR count). The van der Waals surface area contributed by atoms with E-state index in [0.717, 1.165) is 0 Å². The third kappa shape index (κ3) is 2.44. The molecule has 0 radical (unpaired) electrons. The predicted molar refractivity (Wildman–Crippen MR) is 57.3 cm³/mol. The van der Waals surface area contributed by atoms with Crippen LogP contribution in [0.2, 0.25) is 0 Å². The van der Waals surface area contributed by atoms with Crippen LogP contribution in [0.3, 0.4) is 0 Å². The third-order valence-electron chi connectivity index (χ3n) is 2.01. The molecule has 1 N–H and O–H groups in total. The van der Waals surface area contributed by atoms with Gasteiger partial charge in [-0.3, -0.25) is 9.48 Å². The van der Waals surface area contributed by atoms with Crippen LogP contribution in [0, 0.1) is 5.82 Å². The summed E-state index contributed by atoms with van der Waals surface area (Å²) in [7, 11) is 0. The molecular weight excluding hydrogens is 209 g/mol. The summed E-state index contributed by atoms with van der Waals surface area (Å²) >= 11 is 0. The van der Waals surface area contributed by atoms with Crippen molar-refractivity contribution in [3.8, 4) is 0 Å². The summed E-state index contributed by atoms with van der Waals surface area (Å²) in [6, 6.07) is 7.75. The second-order valence-corrected chi connectivity index (χ2v) is 3.23. The van der Waals surface area contributed by atoms with E-state index < -0.39 is 5.82 Å². The summed E-state index contributed by atoms with van der Waals surface area (Å²) in [5, 5.41) is 6.36. The lowest BCUT2D eigenvalue weighted by Gasteiger charge is -2.05. The Bertz CT molecular complexity index is 482. The van der Waals surface area contributed by atoms with Crippen molar-refractivity contribution < 1.29 is 9.18 Å². The van der Waals surface area contributed by atoms with Gasteiger partial charge in [0, 0.05) is 12.4 Å². The first-order valence-corrected chi connectivity index (χ1v) is 4.77. The molecule has 0 spiro atoms. The highest BCUT2D eigenvalue weighted by Gasteiger charge is 2.06. The molecule has 0 saturated heterocycles. The van der Waals surface area contributed by atoms with Crippen LogP contribution in [-0.4, -0.2) is 15.7 Å². The third-order valence-corrected chi connectivity index (χ3v) is 2.01. The van der Waals surface area contributed by atoms with E-state index in [1.807, 2.05) is 0 Å². The van der Waals surface area contributed by atoms with Gasteiger partial charge < -0.3 is 5.32 Å². The molecule has 0 aliphatic heterocycles. The first kappa shape index (κ1) is 10.4. The van der Waals surface area contributed by atoms with E-state index in [0.29, 0.717) is 0 Å². The summed E-state index contributed by atoms with van der Waals surface area (Å²) in [6.07, 6.45) is 3.25. The number of aromatic nitrogens is 2. The van der Waals surface area contributed by atoms with E-state index in [1.165, 1.54) is 16.8 Å². The molecule has 2 aromatic rings. The minimum Gasteiger partial charge on any atom is -0.322 e. The van der Waals surface area contributed by atoms with Gasteiger partial charge in [0.25, 0.3) is 0 Å². The molecule has 0 atom stereocenters. The van der Waals surface area contributed by atoms with E-state index in [1.54, 1.807) is 30.6 Å².